The number of aromatic amines is 1. The van der Waals surface area contributed by atoms with E-state index in [1.807, 2.05) is 44.3 Å². The lowest BCUT2D eigenvalue weighted by Gasteiger charge is -2.12. The van der Waals surface area contributed by atoms with E-state index in [0.29, 0.717) is 18.7 Å². The minimum Gasteiger partial charge on any atom is -0.361 e. The molecule has 3 rings (SSSR count). The number of hydrogen-bond acceptors (Lipinski definition) is 4. The SMILES string of the molecule is Cc1noc(C)c1CNC(=O)[C@@H](N)Cc1c[nH]c2ccccc12. The van der Waals surface area contributed by atoms with Gasteiger partial charge in [0.05, 0.1) is 11.7 Å². The highest BCUT2D eigenvalue weighted by Gasteiger charge is 2.17. The second kappa shape index (κ2) is 6.26. The molecule has 0 aliphatic heterocycles. The molecule has 1 amide bonds. The monoisotopic (exact) mass is 312 g/mol. The molecule has 4 N–H and O–H groups in total. The highest BCUT2D eigenvalue weighted by Crippen LogP contribution is 2.19. The quantitative estimate of drug-likeness (QED) is 0.671. The van der Waals surface area contributed by atoms with Crippen LogP contribution in [0.3, 0.4) is 0 Å². The summed E-state index contributed by atoms with van der Waals surface area (Å²) in [4.78, 5) is 15.4. The zero-order valence-corrected chi connectivity index (χ0v) is 13.2. The summed E-state index contributed by atoms with van der Waals surface area (Å²) in [7, 11) is 0. The number of hydrogen-bond donors (Lipinski definition) is 3. The molecule has 0 saturated carbocycles. The van der Waals surface area contributed by atoms with E-state index in [4.69, 9.17) is 10.3 Å². The second-order valence-electron chi connectivity index (χ2n) is 5.69. The normalized spacial score (nSPS) is 12.5. The van der Waals surface area contributed by atoms with E-state index in [1.165, 1.54) is 0 Å². The average Bonchev–Trinajstić information content (AvgIpc) is 3.09. The zero-order chi connectivity index (χ0) is 16.4. The van der Waals surface area contributed by atoms with Crippen molar-refractivity contribution in [3.63, 3.8) is 0 Å². The highest BCUT2D eigenvalue weighted by atomic mass is 16.5. The number of carbonyl (C=O) groups excluding carboxylic acids is 1. The molecule has 2 heterocycles. The van der Waals surface area contributed by atoms with Crippen molar-refractivity contribution in [2.75, 3.05) is 0 Å². The molecular weight excluding hydrogens is 292 g/mol. The Labute approximate surface area is 134 Å². The Balaban J connectivity index is 1.64. The van der Waals surface area contributed by atoms with E-state index >= 15 is 0 Å². The van der Waals surface area contributed by atoms with Crippen LogP contribution in [0.15, 0.2) is 35.0 Å². The summed E-state index contributed by atoms with van der Waals surface area (Å²) in [5.41, 5.74) is 9.83. The molecule has 6 heteroatoms. The van der Waals surface area contributed by atoms with Gasteiger partial charge in [0, 0.05) is 29.2 Å². The van der Waals surface area contributed by atoms with Crippen molar-refractivity contribution in [1.82, 2.24) is 15.5 Å². The van der Waals surface area contributed by atoms with Crippen LogP contribution in [0.25, 0.3) is 10.9 Å². The summed E-state index contributed by atoms with van der Waals surface area (Å²) >= 11 is 0. The maximum absolute atomic E-state index is 12.2. The number of nitrogens with two attached hydrogens (primary N) is 1. The number of nitrogens with zero attached hydrogens (tertiary/aromatic N) is 1. The van der Waals surface area contributed by atoms with Crippen LogP contribution < -0.4 is 11.1 Å². The average molecular weight is 312 g/mol. The molecule has 0 unspecified atom stereocenters. The third-order valence-corrected chi connectivity index (χ3v) is 4.07. The Morgan fingerprint density at radius 2 is 2.17 bits per heavy atom. The third kappa shape index (κ3) is 3.12. The molecule has 0 saturated heterocycles. The second-order valence-corrected chi connectivity index (χ2v) is 5.69. The van der Waals surface area contributed by atoms with Gasteiger partial charge in [0.1, 0.15) is 5.76 Å². The van der Waals surface area contributed by atoms with Crippen LogP contribution in [0, 0.1) is 13.8 Å². The summed E-state index contributed by atoms with van der Waals surface area (Å²) in [5, 5.41) is 7.82. The van der Waals surface area contributed by atoms with Crippen LogP contribution in [0.2, 0.25) is 0 Å². The van der Waals surface area contributed by atoms with Crippen molar-refractivity contribution < 1.29 is 9.32 Å². The molecule has 0 radical (unpaired) electrons. The van der Waals surface area contributed by atoms with E-state index in [1.54, 1.807) is 0 Å². The van der Waals surface area contributed by atoms with E-state index < -0.39 is 6.04 Å². The van der Waals surface area contributed by atoms with Crippen molar-refractivity contribution in [2.45, 2.75) is 32.9 Å². The summed E-state index contributed by atoms with van der Waals surface area (Å²) in [6, 6.07) is 7.37. The van der Waals surface area contributed by atoms with Gasteiger partial charge in [-0.05, 0) is 31.9 Å². The van der Waals surface area contributed by atoms with Crippen LogP contribution in [0.1, 0.15) is 22.6 Å². The molecule has 23 heavy (non-hydrogen) atoms. The maximum Gasteiger partial charge on any atom is 0.237 e. The van der Waals surface area contributed by atoms with Gasteiger partial charge >= 0.3 is 0 Å². The lowest BCUT2D eigenvalue weighted by atomic mass is 10.0. The first-order chi connectivity index (χ1) is 11.1. The topological polar surface area (TPSA) is 96.9 Å². The molecule has 0 bridgehead atoms. The third-order valence-electron chi connectivity index (χ3n) is 4.07. The number of fused-ring (bicyclic) bond motifs is 1. The number of amides is 1. The van der Waals surface area contributed by atoms with Crippen molar-refractivity contribution in [2.24, 2.45) is 5.73 Å². The van der Waals surface area contributed by atoms with E-state index in [2.05, 4.69) is 15.5 Å². The molecule has 0 fully saturated rings. The molecule has 1 atom stereocenters. The summed E-state index contributed by atoms with van der Waals surface area (Å²) < 4.78 is 5.08. The molecule has 1 aromatic carbocycles. The number of H-pyrrole nitrogens is 1. The molecule has 3 aromatic rings. The number of rotatable bonds is 5. The number of nitrogens with one attached hydrogen (secondary N) is 2. The Kier molecular flexibility index (Phi) is 4.16. The fraction of sp³-hybridized carbons (Fsp3) is 0.294. The fourth-order valence-corrected chi connectivity index (χ4v) is 2.69. The number of benzene rings is 1. The Bertz CT molecular complexity index is 815. The van der Waals surface area contributed by atoms with Crippen LogP contribution in [-0.4, -0.2) is 22.1 Å². The van der Waals surface area contributed by atoms with Crippen LogP contribution in [-0.2, 0) is 17.8 Å². The predicted octanol–water partition coefficient (Wildman–Crippen LogP) is 1.96. The fourth-order valence-electron chi connectivity index (χ4n) is 2.69. The van der Waals surface area contributed by atoms with Gasteiger partial charge < -0.3 is 20.6 Å². The predicted molar refractivity (Wildman–Crippen MR) is 87.8 cm³/mol. The molecule has 2 aromatic heterocycles. The molecule has 0 spiro atoms. The molecule has 0 aliphatic rings. The number of para-hydroxylation sites is 1. The van der Waals surface area contributed by atoms with Crippen LogP contribution >= 0.6 is 0 Å². The number of aryl methyl sites for hydroxylation is 2. The summed E-state index contributed by atoms with van der Waals surface area (Å²) in [5.74, 6) is 0.531. The first-order valence-corrected chi connectivity index (χ1v) is 7.56. The molecule has 6 nitrogen and oxygen atoms in total. The minimum absolute atomic E-state index is 0.185. The Hall–Kier alpha value is -2.60. The van der Waals surface area contributed by atoms with Gasteiger partial charge in [-0.2, -0.15) is 0 Å². The van der Waals surface area contributed by atoms with Gasteiger partial charge in [0.15, 0.2) is 0 Å². The van der Waals surface area contributed by atoms with Gasteiger partial charge in [-0.1, -0.05) is 23.4 Å². The molecular formula is C17H20N4O2. The van der Waals surface area contributed by atoms with Crippen molar-refractivity contribution in [1.29, 1.82) is 0 Å². The Morgan fingerprint density at radius 1 is 1.39 bits per heavy atom. The van der Waals surface area contributed by atoms with E-state index in [9.17, 15) is 4.79 Å². The lowest BCUT2D eigenvalue weighted by Crippen LogP contribution is -2.41. The lowest BCUT2D eigenvalue weighted by molar-refractivity contribution is -0.122. The number of carbonyl (C=O) groups is 1. The zero-order valence-electron chi connectivity index (χ0n) is 13.2. The van der Waals surface area contributed by atoms with Crippen molar-refractivity contribution in [3.05, 3.63) is 53.0 Å². The first-order valence-electron chi connectivity index (χ1n) is 7.56. The van der Waals surface area contributed by atoms with E-state index in [-0.39, 0.29) is 5.91 Å². The smallest absolute Gasteiger partial charge is 0.237 e. The highest BCUT2D eigenvalue weighted by molar-refractivity contribution is 5.86. The largest absolute Gasteiger partial charge is 0.361 e. The van der Waals surface area contributed by atoms with Crippen molar-refractivity contribution >= 4 is 16.8 Å². The van der Waals surface area contributed by atoms with Crippen LogP contribution in [0.4, 0.5) is 0 Å². The van der Waals surface area contributed by atoms with Gasteiger partial charge in [0.2, 0.25) is 5.91 Å². The maximum atomic E-state index is 12.2. The van der Waals surface area contributed by atoms with Crippen LogP contribution in [0.5, 0.6) is 0 Å². The number of aromatic nitrogens is 2. The van der Waals surface area contributed by atoms with Gasteiger partial charge in [-0.3, -0.25) is 4.79 Å². The molecule has 120 valence electrons. The Morgan fingerprint density at radius 3 is 2.91 bits per heavy atom. The van der Waals surface area contributed by atoms with Gasteiger partial charge in [-0.25, -0.2) is 0 Å². The standard InChI is InChI=1S/C17H20N4O2/c1-10-14(11(2)23-21-10)9-20-17(22)15(18)7-12-8-19-16-6-4-3-5-13(12)16/h3-6,8,15,19H,7,9,18H2,1-2H3,(H,20,22)/t15-/m0/s1. The minimum atomic E-state index is -0.602. The first kappa shape index (κ1) is 15.3. The molecule has 0 aliphatic carbocycles. The van der Waals surface area contributed by atoms with E-state index in [0.717, 1.165) is 27.7 Å². The summed E-state index contributed by atoms with van der Waals surface area (Å²) in [6.07, 6.45) is 2.39. The van der Waals surface area contributed by atoms with Crippen molar-refractivity contribution in [3.8, 4) is 0 Å². The summed E-state index contributed by atoms with van der Waals surface area (Å²) in [6.45, 7) is 4.05. The van der Waals surface area contributed by atoms with Gasteiger partial charge in [0.25, 0.3) is 0 Å². The van der Waals surface area contributed by atoms with Gasteiger partial charge in [-0.15, -0.1) is 0 Å².